The molecule has 0 radical (unpaired) electrons. The second-order valence-electron chi connectivity index (χ2n) is 6.60. The summed E-state index contributed by atoms with van der Waals surface area (Å²) in [5, 5.41) is 0.636. The normalized spacial score (nSPS) is 16.6. The van der Waals surface area contributed by atoms with Gasteiger partial charge in [-0.15, -0.1) is 0 Å². The molecule has 1 aliphatic rings. The van der Waals surface area contributed by atoms with Crippen LogP contribution in [0.3, 0.4) is 0 Å². The predicted octanol–water partition coefficient (Wildman–Crippen LogP) is 4.56. The summed E-state index contributed by atoms with van der Waals surface area (Å²) in [7, 11) is 6.40. The maximum Gasteiger partial charge on any atom is 0.266 e. The van der Waals surface area contributed by atoms with Crippen LogP contribution in [0.25, 0.3) is 6.08 Å². The molecule has 2 aromatic carbocycles. The molecule has 0 unspecified atom stereocenters. The number of likely N-dealkylation sites (N-methyl/N-ethyl adjacent to an activating group) is 1. The zero-order chi connectivity index (χ0) is 21.1. The number of amidine groups is 1. The molecule has 1 fully saturated rings. The van der Waals surface area contributed by atoms with Crippen LogP contribution < -0.4 is 14.2 Å². The smallest absolute Gasteiger partial charge is 0.266 e. The minimum absolute atomic E-state index is 0.105. The second kappa shape index (κ2) is 8.61. The van der Waals surface area contributed by atoms with Gasteiger partial charge in [0.05, 0.1) is 31.9 Å². The minimum atomic E-state index is -0.105. The van der Waals surface area contributed by atoms with Gasteiger partial charge < -0.3 is 14.2 Å². The van der Waals surface area contributed by atoms with Crippen LogP contribution in [0, 0.1) is 13.8 Å². The number of carbonyl (C=O) groups excluding carboxylic acids is 1. The molecule has 3 rings (SSSR count). The van der Waals surface area contributed by atoms with E-state index in [4.69, 9.17) is 14.2 Å². The molecule has 0 saturated carbocycles. The zero-order valence-electron chi connectivity index (χ0n) is 17.4. The Balaban J connectivity index is 1.96. The number of amides is 1. The number of aryl methyl sites for hydroxylation is 2. The average Bonchev–Trinajstić information content (AvgIpc) is 2.97. The standard InChI is InChI=1S/C22H24N2O4S/c1-13-7-8-16(9-14(13)2)23-22-24(3)21(25)19(29-22)12-15-10-17(26-4)20(28-6)18(11-15)27-5/h7-12H,1-6H3/b19-12+,23-22?. The fourth-order valence-electron chi connectivity index (χ4n) is 2.89. The van der Waals surface area contributed by atoms with E-state index in [1.165, 1.54) is 17.3 Å². The van der Waals surface area contributed by atoms with E-state index in [1.54, 1.807) is 51.5 Å². The van der Waals surface area contributed by atoms with Crippen LogP contribution in [-0.4, -0.2) is 44.4 Å². The van der Waals surface area contributed by atoms with Crippen molar-refractivity contribution in [3.05, 3.63) is 51.9 Å². The van der Waals surface area contributed by atoms with Crippen molar-refractivity contribution in [2.45, 2.75) is 13.8 Å². The third-order valence-corrected chi connectivity index (χ3v) is 5.76. The highest BCUT2D eigenvalue weighted by Crippen LogP contribution is 2.40. The molecule has 29 heavy (non-hydrogen) atoms. The van der Waals surface area contributed by atoms with Gasteiger partial charge in [0, 0.05) is 7.05 Å². The van der Waals surface area contributed by atoms with Gasteiger partial charge in [0.1, 0.15) is 0 Å². The number of nitrogens with zero attached hydrogens (tertiary/aromatic N) is 2. The predicted molar refractivity (Wildman–Crippen MR) is 117 cm³/mol. The molecule has 1 aliphatic heterocycles. The maximum atomic E-state index is 12.7. The van der Waals surface area contributed by atoms with E-state index in [0.29, 0.717) is 27.3 Å². The van der Waals surface area contributed by atoms with Gasteiger partial charge in [-0.3, -0.25) is 9.69 Å². The molecule has 0 atom stereocenters. The Kier molecular flexibility index (Phi) is 6.17. The number of carbonyl (C=O) groups is 1. The topological polar surface area (TPSA) is 60.4 Å². The largest absolute Gasteiger partial charge is 0.493 e. The van der Waals surface area contributed by atoms with Crippen LogP contribution in [0.5, 0.6) is 17.2 Å². The maximum absolute atomic E-state index is 12.7. The molecule has 0 aliphatic carbocycles. The number of methoxy groups -OCH3 is 3. The van der Waals surface area contributed by atoms with Crippen molar-refractivity contribution in [1.29, 1.82) is 0 Å². The Bertz CT molecular complexity index is 989. The molecule has 0 spiro atoms. The van der Waals surface area contributed by atoms with E-state index in [1.807, 2.05) is 25.1 Å². The molecule has 1 saturated heterocycles. The number of hydrogen-bond acceptors (Lipinski definition) is 6. The lowest BCUT2D eigenvalue weighted by Crippen LogP contribution is -2.23. The van der Waals surface area contributed by atoms with Gasteiger partial charge in [-0.25, -0.2) is 4.99 Å². The molecule has 2 aromatic rings. The minimum Gasteiger partial charge on any atom is -0.493 e. The Hall–Kier alpha value is -2.93. The van der Waals surface area contributed by atoms with Crippen LogP contribution in [0.2, 0.25) is 0 Å². The molecule has 0 N–H and O–H groups in total. The number of benzene rings is 2. The van der Waals surface area contributed by atoms with Crippen LogP contribution in [0.4, 0.5) is 5.69 Å². The number of rotatable bonds is 5. The lowest BCUT2D eigenvalue weighted by molar-refractivity contribution is -0.121. The van der Waals surface area contributed by atoms with E-state index in [0.717, 1.165) is 16.8 Å². The lowest BCUT2D eigenvalue weighted by Gasteiger charge is -2.13. The van der Waals surface area contributed by atoms with Crippen molar-refractivity contribution in [2.75, 3.05) is 28.4 Å². The fourth-order valence-corrected chi connectivity index (χ4v) is 3.88. The number of hydrogen-bond donors (Lipinski definition) is 0. The Morgan fingerprint density at radius 1 is 0.966 bits per heavy atom. The van der Waals surface area contributed by atoms with Crippen LogP contribution in [-0.2, 0) is 4.79 Å². The van der Waals surface area contributed by atoms with Gasteiger partial charge in [-0.05, 0) is 72.6 Å². The summed E-state index contributed by atoms with van der Waals surface area (Å²) in [6, 6.07) is 9.61. The first-order valence-corrected chi connectivity index (χ1v) is 9.83. The van der Waals surface area contributed by atoms with Gasteiger partial charge in [-0.1, -0.05) is 6.07 Å². The monoisotopic (exact) mass is 412 g/mol. The molecular weight excluding hydrogens is 388 g/mol. The van der Waals surface area contributed by atoms with Gasteiger partial charge in [0.15, 0.2) is 16.7 Å². The van der Waals surface area contributed by atoms with Gasteiger partial charge in [-0.2, -0.15) is 0 Å². The fraction of sp³-hybridized carbons (Fsp3) is 0.273. The number of aliphatic imine (C=N–C) groups is 1. The highest BCUT2D eigenvalue weighted by molar-refractivity contribution is 8.18. The van der Waals surface area contributed by atoms with Crippen molar-refractivity contribution < 1.29 is 19.0 Å². The van der Waals surface area contributed by atoms with Crippen molar-refractivity contribution in [3.63, 3.8) is 0 Å². The third-order valence-electron chi connectivity index (χ3n) is 4.70. The Labute approximate surface area is 175 Å². The molecular formula is C22H24N2O4S. The van der Waals surface area contributed by atoms with Gasteiger partial charge >= 0.3 is 0 Å². The Morgan fingerprint density at radius 2 is 1.62 bits per heavy atom. The van der Waals surface area contributed by atoms with E-state index >= 15 is 0 Å². The number of thioether (sulfide) groups is 1. The average molecular weight is 413 g/mol. The summed E-state index contributed by atoms with van der Waals surface area (Å²) in [5.41, 5.74) is 3.97. The van der Waals surface area contributed by atoms with Crippen molar-refractivity contribution in [1.82, 2.24) is 4.90 Å². The van der Waals surface area contributed by atoms with Crippen LogP contribution >= 0.6 is 11.8 Å². The van der Waals surface area contributed by atoms with E-state index in [2.05, 4.69) is 11.9 Å². The first-order valence-electron chi connectivity index (χ1n) is 9.01. The van der Waals surface area contributed by atoms with E-state index in [9.17, 15) is 4.79 Å². The molecule has 1 amide bonds. The van der Waals surface area contributed by atoms with Crippen molar-refractivity contribution in [2.24, 2.45) is 4.99 Å². The molecule has 0 aromatic heterocycles. The summed E-state index contributed by atoms with van der Waals surface area (Å²) in [6.45, 7) is 4.11. The van der Waals surface area contributed by atoms with Gasteiger partial charge in [0.25, 0.3) is 5.91 Å². The first kappa shape index (κ1) is 20.8. The third kappa shape index (κ3) is 4.24. The lowest BCUT2D eigenvalue weighted by atomic mass is 10.1. The Morgan fingerprint density at radius 3 is 2.17 bits per heavy atom. The molecule has 152 valence electrons. The SMILES string of the molecule is COc1cc(/C=C2/SC(=Nc3ccc(C)c(C)c3)N(C)C2=O)cc(OC)c1OC. The quantitative estimate of drug-likeness (QED) is 0.674. The molecule has 6 nitrogen and oxygen atoms in total. The highest BCUT2D eigenvalue weighted by Gasteiger charge is 2.30. The van der Waals surface area contributed by atoms with Crippen molar-refractivity contribution >= 4 is 34.6 Å². The van der Waals surface area contributed by atoms with E-state index < -0.39 is 0 Å². The molecule has 0 bridgehead atoms. The highest BCUT2D eigenvalue weighted by atomic mass is 32.2. The molecule has 1 heterocycles. The summed E-state index contributed by atoms with van der Waals surface area (Å²) in [5.74, 6) is 1.47. The summed E-state index contributed by atoms with van der Waals surface area (Å²) >= 11 is 1.34. The summed E-state index contributed by atoms with van der Waals surface area (Å²) in [4.78, 5) is 19.5. The van der Waals surface area contributed by atoms with E-state index in [-0.39, 0.29) is 5.91 Å². The zero-order valence-corrected chi connectivity index (χ0v) is 18.2. The van der Waals surface area contributed by atoms with Gasteiger partial charge in [0.2, 0.25) is 5.75 Å². The number of ether oxygens (including phenoxy) is 3. The van der Waals surface area contributed by atoms with Crippen LogP contribution in [0.15, 0.2) is 40.2 Å². The van der Waals surface area contributed by atoms with Crippen LogP contribution in [0.1, 0.15) is 16.7 Å². The second-order valence-corrected chi connectivity index (χ2v) is 7.61. The summed E-state index contributed by atoms with van der Waals surface area (Å²) in [6.07, 6.45) is 1.80. The molecule has 7 heteroatoms. The summed E-state index contributed by atoms with van der Waals surface area (Å²) < 4.78 is 16.1. The van der Waals surface area contributed by atoms with Crippen molar-refractivity contribution in [3.8, 4) is 17.2 Å². The first-order chi connectivity index (χ1) is 13.9.